The second kappa shape index (κ2) is 5.89. The van der Waals surface area contributed by atoms with Crippen LogP contribution in [0.15, 0.2) is 17.4 Å². The minimum Gasteiger partial charge on any atom is -0.341 e. The van der Waals surface area contributed by atoms with Crippen molar-refractivity contribution in [3.63, 3.8) is 0 Å². The lowest BCUT2D eigenvalue weighted by molar-refractivity contribution is -0.117. The van der Waals surface area contributed by atoms with E-state index >= 15 is 0 Å². The van der Waals surface area contributed by atoms with Crippen LogP contribution in [0.2, 0.25) is 5.02 Å². The molecule has 3 N–H and O–H groups in total. The van der Waals surface area contributed by atoms with Crippen LogP contribution in [0.4, 0.5) is 4.79 Å². The molecule has 0 radical (unpaired) electrons. The molecule has 0 spiro atoms. The molecule has 0 saturated heterocycles. The minimum atomic E-state index is -0.538. The number of aromatic nitrogens is 3. The lowest BCUT2D eigenvalue weighted by Gasteiger charge is -2.01. The first-order chi connectivity index (χ1) is 9.08. The van der Waals surface area contributed by atoms with E-state index in [4.69, 9.17) is 11.6 Å². The number of urea groups is 1. The molecule has 2 aromatic rings. The van der Waals surface area contributed by atoms with Crippen molar-refractivity contribution in [1.29, 1.82) is 0 Å². The van der Waals surface area contributed by atoms with E-state index < -0.39 is 11.9 Å². The number of rotatable bonds is 3. The van der Waals surface area contributed by atoms with Crippen molar-refractivity contribution in [3.05, 3.63) is 17.3 Å². The van der Waals surface area contributed by atoms with Crippen LogP contribution in [-0.2, 0) is 4.79 Å². The van der Waals surface area contributed by atoms with E-state index in [0.29, 0.717) is 21.3 Å². The average molecular weight is 300 g/mol. The third-order valence-corrected chi connectivity index (χ3v) is 3.18. The Labute approximate surface area is 117 Å². The maximum absolute atomic E-state index is 11.4. The van der Waals surface area contributed by atoms with E-state index in [-0.39, 0.29) is 5.75 Å². The molecule has 0 aromatic carbocycles. The van der Waals surface area contributed by atoms with E-state index in [1.54, 1.807) is 6.07 Å². The lowest BCUT2D eigenvalue weighted by atomic mass is 10.4. The highest BCUT2D eigenvalue weighted by molar-refractivity contribution is 7.99. The fourth-order valence-electron chi connectivity index (χ4n) is 1.28. The number of nitrogens with one attached hydrogen (secondary N) is 3. The van der Waals surface area contributed by atoms with Gasteiger partial charge in [0.25, 0.3) is 0 Å². The van der Waals surface area contributed by atoms with Crippen molar-refractivity contribution in [2.24, 2.45) is 0 Å². The number of nitrogens with zero attached hydrogens (tertiary/aromatic N) is 2. The highest BCUT2D eigenvalue weighted by Gasteiger charge is 2.09. The second-order valence-electron chi connectivity index (χ2n) is 3.48. The molecular formula is C10H10ClN5O2S. The van der Waals surface area contributed by atoms with Crippen molar-refractivity contribution >= 4 is 46.5 Å². The average Bonchev–Trinajstić information content (AvgIpc) is 2.78. The molecule has 0 aliphatic rings. The first-order valence-electron chi connectivity index (χ1n) is 5.24. The maximum Gasteiger partial charge on any atom is 0.321 e. The smallest absolute Gasteiger partial charge is 0.321 e. The number of amides is 3. The fourth-order valence-corrected chi connectivity index (χ4v) is 2.11. The summed E-state index contributed by atoms with van der Waals surface area (Å²) in [5.74, 6) is -0.336. The van der Waals surface area contributed by atoms with Gasteiger partial charge >= 0.3 is 6.03 Å². The van der Waals surface area contributed by atoms with Gasteiger partial charge in [0.2, 0.25) is 5.91 Å². The van der Waals surface area contributed by atoms with Gasteiger partial charge in [0.15, 0.2) is 10.8 Å². The van der Waals surface area contributed by atoms with Crippen molar-refractivity contribution in [1.82, 2.24) is 25.6 Å². The van der Waals surface area contributed by atoms with Crippen LogP contribution in [-0.4, -0.2) is 39.7 Å². The summed E-state index contributed by atoms with van der Waals surface area (Å²) in [7, 11) is 1.43. The van der Waals surface area contributed by atoms with E-state index in [9.17, 15) is 9.59 Å². The molecule has 2 aromatic heterocycles. The van der Waals surface area contributed by atoms with E-state index in [1.165, 1.54) is 25.0 Å². The predicted octanol–water partition coefficient (Wildman–Crippen LogP) is 1.16. The van der Waals surface area contributed by atoms with Gasteiger partial charge in [0.05, 0.1) is 16.3 Å². The molecule has 0 saturated carbocycles. The number of carbonyl (C=O) groups is 2. The Morgan fingerprint density at radius 2 is 2.32 bits per heavy atom. The van der Waals surface area contributed by atoms with Gasteiger partial charge in [-0.1, -0.05) is 23.4 Å². The summed E-state index contributed by atoms with van der Waals surface area (Å²) in [4.78, 5) is 33.5. The molecule has 0 unspecified atom stereocenters. The third-order valence-electron chi connectivity index (χ3n) is 2.10. The topological polar surface area (TPSA) is 99.8 Å². The summed E-state index contributed by atoms with van der Waals surface area (Å²) >= 11 is 6.97. The zero-order valence-electron chi connectivity index (χ0n) is 9.86. The highest BCUT2D eigenvalue weighted by atomic mass is 35.5. The summed E-state index contributed by atoms with van der Waals surface area (Å²) in [5, 5.41) is 5.49. The standard InChI is InChI=1S/C10H10ClN5O2S/c1-12-9(18)15-7(17)4-19-10-14-6-2-5(11)3-13-8(6)16-10/h2-3H,4H2,1H3,(H,13,14,16)(H2,12,15,17,18). The van der Waals surface area contributed by atoms with Gasteiger partial charge < -0.3 is 10.3 Å². The molecule has 100 valence electrons. The SMILES string of the molecule is CNC(=O)NC(=O)CSc1nc2ncc(Cl)cc2[nH]1. The molecule has 19 heavy (non-hydrogen) atoms. The van der Waals surface area contributed by atoms with Crippen LogP contribution < -0.4 is 10.6 Å². The molecule has 0 bridgehead atoms. The lowest BCUT2D eigenvalue weighted by Crippen LogP contribution is -2.38. The summed E-state index contributed by atoms with van der Waals surface area (Å²) < 4.78 is 0. The number of imidazole rings is 1. The van der Waals surface area contributed by atoms with Gasteiger partial charge in [0, 0.05) is 13.2 Å². The Hall–Kier alpha value is -1.80. The van der Waals surface area contributed by atoms with Crippen molar-refractivity contribution < 1.29 is 9.59 Å². The normalized spacial score (nSPS) is 10.4. The first kappa shape index (κ1) is 13.6. The molecule has 2 rings (SSSR count). The first-order valence-corrected chi connectivity index (χ1v) is 6.60. The molecule has 9 heteroatoms. The maximum atomic E-state index is 11.4. The van der Waals surface area contributed by atoms with Gasteiger partial charge in [-0.05, 0) is 6.07 Å². The fraction of sp³-hybridized carbons (Fsp3) is 0.200. The second-order valence-corrected chi connectivity index (χ2v) is 4.88. The van der Waals surface area contributed by atoms with Gasteiger partial charge in [0.1, 0.15) is 0 Å². The van der Waals surface area contributed by atoms with Crippen LogP contribution in [0, 0.1) is 0 Å². The van der Waals surface area contributed by atoms with Crippen LogP contribution in [0.1, 0.15) is 0 Å². The van der Waals surface area contributed by atoms with Gasteiger partial charge in [-0.15, -0.1) is 0 Å². The summed E-state index contributed by atoms with van der Waals surface area (Å²) in [6.07, 6.45) is 1.50. The predicted molar refractivity (Wildman–Crippen MR) is 72.2 cm³/mol. The number of aromatic amines is 1. The monoisotopic (exact) mass is 299 g/mol. The quantitative estimate of drug-likeness (QED) is 0.739. The number of hydrogen-bond acceptors (Lipinski definition) is 5. The van der Waals surface area contributed by atoms with Crippen LogP contribution in [0.25, 0.3) is 11.2 Å². The number of fused-ring (bicyclic) bond motifs is 1. The number of H-pyrrole nitrogens is 1. The number of halogens is 1. The zero-order valence-corrected chi connectivity index (χ0v) is 11.4. The number of pyridine rings is 1. The summed E-state index contributed by atoms with van der Waals surface area (Å²) in [5.41, 5.74) is 1.22. The van der Waals surface area contributed by atoms with Gasteiger partial charge in [-0.3, -0.25) is 10.1 Å². The summed E-state index contributed by atoms with van der Waals surface area (Å²) in [6, 6.07) is 1.16. The Morgan fingerprint density at radius 1 is 1.53 bits per heavy atom. The molecular weight excluding hydrogens is 290 g/mol. The molecule has 3 amide bonds. The zero-order chi connectivity index (χ0) is 13.8. The summed E-state index contributed by atoms with van der Waals surface area (Å²) in [6.45, 7) is 0. The number of thioether (sulfide) groups is 1. The van der Waals surface area contributed by atoms with Crippen LogP contribution in [0.5, 0.6) is 0 Å². The molecule has 0 aliphatic heterocycles. The molecule has 0 atom stereocenters. The van der Waals surface area contributed by atoms with Gasteiger partial charge in [-0.2, -0.15) is 0 Å². The van der Waals surface area contributed by atoms with Gasteiger partial charge in [-0.25, -0.2) is 14.8 Å². The number of carbonyl (C=O) groups excluding carboxylic acids is 2. The van der Waals surface area contributed by atoms with Crippen molar-refractivity contribution in [2.45, 2.75) is 5.16 Å². The molecule has 0 aliphatic carbocycles. The van der Waals surface area contributed by atoms with Crippen molar-refractivity contribution in [2.75, 3.05) is 12.8 Å². The third kappa shape index (κ3) is 3.58. The van der Waals surface area contributed by atoms with Crippen LogP contribution in [0.3, 0.4) is 0 Å². The molecule has 7 nitrogen and oxygen atoms in total. The van der Waals surface area contributed by atoms with E-state index in [2.05, 4.69) is 25.6 Å². The van der Waals surface area contributed by atoms with E-state index in [0.717, 1.165) is 0 Å². The highest BCUT2D eigenvalue weighted by Crippen LogP contribution is 2.20. The minimum absolute atomic E-state index is 0.0704. The van der Waals surface area contributed by atoms with Crippen molar-refractivity contribution in [3.8, 4) is 0 Å². The van der Waals surface area contributed by atoms with Crippen LogP contribution >= 0.6 is 23.4 Å². The largest absolute Gasteiger partial charge is 0.341 e. The Balaban J connectivity index is 1.98. The Kier molecular flexibility index (Phi) is 4.23. The molecule has 0 fully saturated rings. The number of imide groups is 1. The van der Waals surface area contributed by atoms with E-state index in [1.807, 2.05) is 0 Å². The Bertz CT molecular complexity index is 629. The molecule has 2 heterocycles. The number of hydrogen-bond donors (Lipinski definition) is 3. The Morgan fingerprint density at radius 3 is 3.05 bits per heavy atom.